The van der Waals surface area contributed by atoms with E-state index in [-0.39, 0.29) is 5.41 Å². The summed E-state index contributed by atoms with van der Waals surface area (Å²) in [5.74, 6) is 0.471. The summed E-state index contributed by atoms with van der Waals surface area (Å²) in [6.45, 7) is 6.21. The van der Waals surface area contributed by atoms with Crippen molar-refractivity contribution in [2.45, 2.75) is 59.0 Å². The quantitative estimate of drug-likeness (QED) is 0.755. The zero-order valence-electron chi connectivity index (χ0n) is 17.0. The van der Waals surface area contributed by atoms with E-state index in [1.807, 2.05) is 30.3 Å². The van der Waals surface area contributed by atoms with Crippen LogP contribution in [0.4, 0.5) is 10.5 Å². The second-order valence-corrected chi connectivity index (χ2v) is 8.47. The first-order chi connectivity index (χ1) is 13.4. The monoisotopic (exact) mass is 382 g/mol. The largest absolute Gasteiger partial charge is 0.439 e. The number of nitrogens with one attached hydrogen (secondary N) is 1. The van der Waals surface area contributed by atoms with E-state index in [9.17, 15) is 4.79 Å². The fourth-order valence-corrected chi connectivity index (χ4v) is 3.62. The highest BCUT2D eigenvalue weighted by Gasteiger charge is 2.34. The highest BCUT2D eigenvalue weighted by Crippen LogP contribution is 2.34. The number of allylic oxidation sites excluding steroid dienone is 1. The maximum absolute atomic E-state index is 12.6. The number of carbonyl (C=O) groups is 1. The molecule has 0 spiro atoms. The number of hydrogen-bond donors (Lipinski definition) is 1. The molecule has 1 amide bonds. The molecule has 6 nitrogen and oxygen atoms in total. The van der Waals surface area contributed by atoms with Gasteiger partial charge in [0.2, 0.25) is 0 Å². The number of para-hydroxylation sites is 1. The summed E-state index contributed by atoms with van der Waals surface area (Å²) in [5.41, 5.74) is 1.28. The third-order valence-corrected chi connectivity index (χ3v) is 5.04. The van der Waals surface area contributed by atoms with Crippen LogP contribution in [0.2, 0.25) is 0 Å². The first-order valence-corrected chi connectivity index (χ1v) is 10.0. The van der Waals surface area contributed by atoms with Crippen LogP contribution in [0.25, 0.3) is 5.70 Å². The van der Waals surface area contributed by atoms with Crippen LogP contribution in [0, 0.1) is 11.3 Å². The van der Waals surface area contributed by atoms with Crippen molar-refractivity contribution >= 4 is 17.5 Å². The van der Waals surface area contributed by atoms with Crippen molar-refractivity contribution < 1.29 is 9.53 Å². The number of benzene rings is 1. The summed E-state index contributed by atoms with van der Waals surface area (Å²) < 4.78 is 7.68. The van der Waals surface area contributed by atoms with E-state index in [1.54, 1.807) is 11.0 Å². The highest BCUT2D eigenvalue weighted by molar-refractivity contribution is 5.85. The minimum atomic E-state index is -0.471. The van der Waals surface area contributed by atoms with Crippen LogP contribution in [0.5, 0.6) is 0 Å². The van der Waals surface area contributed by atoms with Gasteiger partial charge in [0.1, 0.15) is 12.7 Å². The zero-order valence-corrected chi connectivity index (χ0v) is 17.0. The Morgan fingerprint density at radius 3 is 2.54 bits per heavy atom. The Labute approximate surface area is 167 Å². The first-order valence-electron chi connectivity index (χ1n) is 10.0. The van der Waals surface area contributed by atoms with Gasteiger partial charge < -0.3 is 4.74 Å². The molecular formula is C22H30N4O2. The normalized spacial score (nSPS) is 17.2. The van der Waals surface area contributed by atoms with Crippen molar-refractivity contribution in [1.29, 1.82) is 0 Å². The Hall–Kier alpha value is -2.63. The summed E-state index contributed by atoms with van der Waals surface area (Å²) in [6.07, 6.45) is 10.6. The molecule has 1 heterocycles. The Balaban J connectivity index is 1.85. The summed E-state index contributed by atoms with van der Waals surface area (Å²) in [7, 11) is 0. The molecule has 6 heteroatoms. The SMILES string of the molecule is CC(C)(C)C(OC(=O)Nc1ccccc1)C(=CC1CCCCC1)n1cncn1. The van der Waals surface area contributed by atoms with Crippen molar-refractivity contribution in [2.75, 3.05) is 5.32 Å². The maximum Gasteiger partial charge on any atom is 0.412 e. The van der Waals surface area contributed by atoms with E-state index >= 15 is 0 Å². The molecule has 1 atom stereocenters. The van der Waals surface area contributed by atoms with Crippen LogP contribution in [0.15, 0.2) is 49.1 Å². The van der Waals surface area contributed by atoms with E-state index < -0.39 is 12.2 Å². The summed E-state index contributed by atoms with van der Waals surface area (Å²) in [6, 6.07) is 9.33. The average Bonchev–Trinajstić information content (AvgIpc) is 3.20. The van der Waals surface area contributed by atoms with Crippen LogP contribution < -0.4 is 5.32 Å². The number of nitrogens with zero attached hydrogens (tertiary/aromatic N) is 3. The van der Waals surface area contributed by atoms with Gasteiger partial charge in [0.15, 0.2) is 6.10 Å². The van der Waals surface area contributed by atoms with Gasteiger partial charge in [-0.1, -0.05) is 64.3 Å². The average molecular weight is 383 g/mol. The smallest absolute Gasteiger partial charge is 0.412 e. The number of hydrogen-bond acceptors (Lipinski definition) is 4. The standard InChI is InChI=1S/C22H30N4O2/c1-22(2,3)20(28-21(27)25-18-12-8-5-9-13-18)19(26-16-23-15-24-26)14-17-10-6-4-7-11-17/h5,8-9,12-17,20H,4,6-7,10-11H2,1-3H3,(H,25,27). The second-order valence-electron chi connectivity index (χ2n) is 8.47. The van der Waals surface area contributed by atoms with Crippen LogP contribution in [-0.2, 0) is 4.74 Å². The van der Waals surface area contributed by atoms with E-state index in [4.69, 9.17) is 4.74 Å². The van der Waals surface area contributed by atoms with Crippen molar-refractivity contribution in [3.8, 4) is 0 Å². The van der Waals surface area contributed by atoms with Gasteiger partial charge in [-0.3, -0.25) is 5.32 Å². The molecule has 1 N–H and O–H groups in total. The molecule has 1 saturated carbocycles. The predicted molar refractivity (Wildman–Crippen MR) is 111 cm³/mol. The van der Waals surface area contributed by atoms with E-state index in [2.05, 4.69) is 42.2 Å². The van der Waals surface area contributed by atoms with E-state index in [0.717, 1.165) is 18.5 Å². The Bertz CT molecular complexity index is 773. The molecule has 1 aliphatic rings. The number of rotatable bonds is 5. The molecule has 2 aromatic rings. The van der Waals surface area contributed by atoms with Gasteiger partial charge in [0.25, 0.3) is 0 Å². The number of aromatic nitrogens is 3. The molecule has 150 valence electrons. The lowest BCUT2D eigenvalue weighted by atomic mass is 9.83. The van der Waals surface area contributed by atoms with Crippen LogP contribution in [0.1, 0.15) is 52.9 Å². The van der Waals surface area contributed by atoms with Gasteiger partial charge in [-0.05, 0) is 30.9 Å². The molecule has 1 fully saturated rings. The van der Waals surface area contributed by atoms with Gasteiger partial charge in [-0.25, -0.2) is 14.5 Å². The fourth-order valence-electron chi connectivity index (χ4n) is 3.62. The molecule has 0 saturated heterocycles. The topological polar surface area (TPSA) is 69.0 Å². The number of ether oxygens (including phenoxy) is 1. The third-order valence-electron chi connectivity index (χ3n) is 5.04. The maximum atomic E-state index is 12.6. The molecule has 1 unspecified atom stereocenters. The molecule has 1 aliphatic carbocycles. The molecule has 0 radical (unpaired) electrons. The predicted octanol–water partition coefficient (Wildman–Crippen LogP) is 5.36. The fraction of sp³-hybridized carbons (Fsp3) is 0.500. The Morgan fingerprint density at radius 1 is 1.21 bits per heavy atom. The Morgan fingerprint density at radius 2 is 1.93 bits per heavy atom. The molecular weight excluding hydrogens is 352 g/mol. The van der Waals surface area contributed by atoms with Crippen LogP contribution in [-0.4, -0.2) is 27.0 Å². The van der Waals surface area contributed by atoms with E-state index in [1.165, 1.54) is 25.6 Å². The third kappa shape index (κ3) is 5.44. The van der Waals surface area contributed by atoms with Gasteiger partial charge >= 0.3 is 6.09 Å². The molecule has 3 rings (SSSR count). The lowest BCUT2D eigenvalue weighted by Crippen LogP contribution is -2.36. The molecule has 0 aliphatic heterocycles. The van der Waals surface area contributed by atoms with Crippen LogP contribution >= 0.6 is 0 Å². The Kier molecular flexibility index (Phi) is 6.49. The molecule has 28 heavy (non-hydrogen) atoms. The summed E-state index contributed by atoms with van der Waals surface area (Å²) in [4.78, 5) is 16.7. The minimum Gasteiger partial charge on any atom is -0.439 e. The van der Waals surface area contributed by atoms with Gasteiger partial charge in [-0.15, -0.1) is 0 Å². The lowest BCUT2D eigenvalue weighted by Gasteiger charge is -2.33. The van der Waals surface area contributed by atoms with E-state index in [0.29, 0.717) is 11.6 Å². The van der Waals surface area contributed by atoms with Crippen molar-refractivity contribution in [1.82, 2.24) is 14.8 Å². The number of anilines is 1. The molecule has 0 bridgehead atoms. The zero-order chi connectivity index (χ0) is 20.0. The summed E-state index contributed by atoms with van der Waals surface area (Å²) >= 11 is 0. The van der Waals surface area contributed by atoms with Crippen LogP contribution in [0.3, 0.4) is 0 Å². The molecule has 1 aromatic heterocycles. The number of carbonyl (C=O) groups excluding carboxylic acids is 1. The number of amides is 1. The van der Waals surface area contributed by atoms with Crippen molar-refractivity contribution in [2.24, 2.45) is 11.3 Å². The summed E-state index contributed by atoms with van der Waals surface area (Å²) in [5, 5.41) is 7.15. The van der Waals surface area contributed by atoms with Crippen molar-refractivity contribution in [3.05, 3.63) is 49.1 Å². The molecule has 1 aromatic carbocycles. The van der Waals surface area contributed by atoms with Gasteiger partial charge in [-0.2, -0.15) is 5.10 Å². The lowest BCUT2D eigenvalue weighted by molar-refractivity contribution is 0.0733. The first kappa shape index (κ1) is 20.1. The van der Waals surface area contributed by atoms with Crippen molar-refractivity contribution in [3.63, 3.8) is 0 Å². The highest BCUT2D eigenvalue weighted by atomic mass is 16.6. The van der Waals surface area contributed by atoms with Gasteiger partial charge in [0, 0.05) is 11.1 Å². The second kappa shape index (κ2) is 9.04. The minimum absolute atomic E-state index is 0.305. The van der Waals surface area contributed by atoms with Gasteiger partial charge in [0.05, 0.1) is 5.70 Å².